The van der Waals surface area contributed by atoms with E-state index in [1.54, 1.807) is 26.2 Å². The van der Waals surface area contributed by atoms with Gasteiger partial charge in [-0.25, -0.2) is 8.42 Å². The van der Waals surface area contributed by atoms with Gasteiger partial charge in [0, 0.05) is 24.2 Å². The number of nitrogens with one attached hydrogen (secondary N) is 2. The maximum Gasteiger partial charge on any atom is 0.178 e. The fraction of sp³-hybridized carbons (Fsp3) is 0.478. The zero-order valence-corrected chi connectivity index (χ0v) is 19.6. The quantitative estimate of drug-likeness (QED) is 0.628. The molecule has 1 fully saturated rings. The Morgan fingerprint density at radius 1 is 0.967 bits per heavy atom. The average Bonchev–Trinajstić information content (AvgIpc) is 2.78. The van der Waals surface area contributed by atoms with Crippen molar-refractivity contribution in [1.29, 1.82) is 0 Å². The van der Waals surface area contributed by atoms with Crippen LogP contribution in [0.3, 0.4) is 0 Å². The van der Waals surface area contributed by atoms with E-state index in [1.807, 2.05) is 31.3 Å². The van der Waals surface area contributed by atoms with Gasteiger partial charge in [0.15, 0.2) is 9.84 Å². The predicted octanol–water partition coefficient (Wildman–Crippen LogP) is 4.20. The van der Waals surface area contributed by atoms with Gasteiger partial charge in [0.2, 0.25) is 0 Å². The standard InChI is InChI=1S/C23H32N2O3S.ClH/c1-4-29(26,27)22-12-5-17(6-13-22)18-7-14-23(28-3)19(15-18)16-25-21-10-8-20(24-2)9-11-21;/h5-7,12-15,20-21,24-25H,4,8-11,16H2,1-3H3;1H. The fourth-order valence-corrected chi connectivity index (χ4v) is 4.84. The molecule has 2 aromatic carbocycles. The molecule has 0 aliphatic heterocycles. The highest BCUT2D eigenvalue weighted by atomic mass is 35.5. The molecule has 1 aliphatic carbocycles. The van der Waals surface area contributed by atoms with Crippen molar-refractivity contribution in [3.63, 3.8) is 0 Å². The summed E-state index contributed by atoms with van der Waals surface area (Å²) >= 11 is 0. The van der Waals surface area contributed by atoms with Gasteiger partial charge in [-0.05, 0) is 68.1 Å². The highest BCUT2D eigenvalue weighted by Crippen LogP contribution is 2.28. The second-order valence-corrected chi connectivity index (χ2v) is 9.95. The molecule has 3 rings (SSSR count). The summed E-state index contributed by atoms with van der Waals surface area (Å²) in [6.07, 6.45) is 4.78. The van der Waals surface area contributed by atoms with E-state index in [1.165, 1.54) is 25.7 Å². The van der Waals surface area contributed by atoms with Crippen LogP contribution in [0.4, 0.5) is 0 Å². The summed E-state index contributed by atoms with van der Waals surface area (Å²) in [4.78, 5) is 0.372. The van der Waals surface area contributed by atoms with Crippen LogP contribution in [0, 0.1) is 0 Å². The molecule has 166 valence electrons. The van der Waals surface area contributed by atoms with Crippen molar-refractivity contribution in [2.24, 2.45) is 0 Å². The molecule has 30 heavy (non-hydrogen) atoms. The molecule has 1 saturated carbocycles. The van der Waals surface area contributed by atoms with E-state index in [4.69, 9.17) is 4.74 Å². The van der Waals surface area contributed by atoms with Gasteiger partial charge in [-0.15, -0.1) is 12.4 Å². The van der Waals surface area contributed by atoms with Crippen LogP contribution >= 0.6 is 12.4 Å². The van der Waals surface area contributed by atoms with E-state index < -0.39 is 9.84 Å². The first kappa shape index (κ1) is 24.7. The van der Waals surface area contributed by atoms with Gasteiger partial charge in [0.1, 0.15) is 5.75 Å². The molecule has 2 aromatic rings. The monoisotopic (exact) mass is 452 g/mol. The van der Waals surface area contributed by atoms with Crippen LogP contribution in [0.15, 0.2) is 47.4 Å². The molecule has 5 nitrogen and oxygen atoms in total. The minimum atomic E-state index is -3.18. The number of ether oxygens (including phenoxy) is 1. The first-order valence-electron chi connectivity index (χ1n) is 10.4. The lowest BCUT2D eigenvalue weighted by Gasteiger charge is -2.29. The SMILES string of the molecule is CCS(=O)(=O)c1ccc(-c2ccc(OC)c(CNC3CCC(NC)CC3)c2)cc1.Cl. The minimum Gasteiger partial charge on any atom is -0.496 e. The summed E-state index contributed by atoms with van der Waals surface area (Å²) in [7, 11) is 0.559. The third-order valence-corrected chi connectivity index (χ3v) is 7.67. The Bertz CT molecular complexity index is 909. The molecule has 1 aliphatic rings. The maximum atomic E-state index is 12.0. The fourth-order valence-electron chi connectivity index (χ4n) is 3.96. The number of rotatable bonds is 8. The molecule has 0 radical (unpaired) electrons. The van der Waals surface area contributed by atoms with Crippen LogP contribution in [0.5, 0.6) is 5.75 Å². The number of sulfone groups is 1. The van der Waals surface area contributed by atoms with Gasteiger partial charge in [0.05, 0.1) is 17.8 Å². The Labute approximate surface area is 186 Å². The zero-order valence-electron chi connectivity index (χ0n) is 18.0. The van der Waals surface area contributed by atoms with Gasteiger partial charge in [0.25, 0.3) is 0 Å². The van der Waals surface area contributed by atoms with Gasteiger partial charge >= 0.3 is 0 Å². The second-order valence-electron chi connectivity index (χ2n) is 7.67. The van der Waals surface area contributed by atoms with Crippen molar-refractivity contribution in [1.82, 2.24) is 10.6 Å². The van der Waals surface area contributed by atoms with Crippen LogP contribution in [0.25, 0.3) is 11.1 Å². The average molecular weight is 453 g/mol. The lowest BCUT2D eigenvalue weighted by atomic mass is 9.91. The van der Waals surface area contributed by atoms with Crippen molar-refractivity contribution in [2.75, 3.05) is 19.9 Å². The molecule has 0 aromatic heterocycles. The predicted molar refractivity (Wildman–Crippen MR) is 125 cm³/mol. The Balaban J connectivity index is 0.00000320. The van der Waals surface area contributed by atoms with Crippen LogP contribution in [-0.4, -0.2) is 40.4 Å². The van der Waals surface area contributed by atoms with E-state index in [2.05, 4.69) is 16.7 Å². The number of benzene rings is 2. The van der Waals surface area contributed by atoms with Gasteiger partial charge in [-0.1, -0.05) is 25.1 Å². The van der Waals surface area contributed by atoms with E-state index in [0.29, 0.717) is 17.0 Å². The molecule has 0 atom stereocenters. The summed E-state index contributed by atoms with van der Waals surface area (Å²) in [5, 5.41) is 7.06. The first-order valence-corrected chi connectivity index (χ1v) is 12.0. The summed E-state index contributed by atoms with van der Waals surface area (Å²) in [5.41, 5.74) is 3.17. The van der Waals surface area contributed by atoms with Crippen molar-refractivity contribution < 1.29 is 13.2 Å². The van der Waals surface area contributed by atoms with Gasteiger partial charge in [-0.2, -0.15) is 0 Å². The molecule has 0 spiro atoms. The Morgan fingerprint density at radius 3 is 2.13 bits per heavy atom. The molecular formula is C23H33ClN2O3S. The number of methoxy groups -OCH3 is 1. The molecular weight excluding hydrogens is 420 g/mol. The second kappa shape index (κ2) is 11.1. The number of hydrogen-bond acceptors (Lipinski definition) is 5. The van der Waals surface area contributed by atoms with E-state index >= 15 is 0 Å². The lowest BCUT2D eigenvalue weighted by Crippen LogP contribution is -2.38. The summed E-state index contributed by atoms with van der Waals surface area (Å²) in [6.45, 7) is 2.42. The van der Waals surface area contributed by atoms with Gasteiger partial charge < -0.3 is 15.4 Å². The highest BCUT2D eigenvalue weighted by molar-refractivity contribution is 7.91. The Morgan fingerprint density at radius 2 is 1.57 bits per heavy atom. The third kappa shape index (κ3) is 5.97. The van der Waals surface area contributed by atoms with Crippen molar-refractivity contribution in [2.45, 2.75) is 56.1 Å². The zero-order chi connectivity index (χ0) is 20.9. The Kier molecular flexibility index (Phi) is 9.16. The molecule has 2 N–H and O–H groups in total. The molecule has 0 unspecified atom stereocenters. The molecule has 0 bridgehead atoms. The van der Waals surface area contributed by atoms with Crippen LogP contribution in [0.1, 0.15) is 38.2 Å². The maximum absolute atomic E-state index is 12.0. The third-order valence-electron chi connectivity index (χ3n) is 5.92. The Hall–Kier alpha value is -1.60. The first-order chi connectivity index (χ1) is 14.0. The highest BCUT2D eigenvalue weighted by Gasteiger charge is 2.20. The smallest absolute Gasteiger partial charge is 0.178 e. The van der Waals surface area contributed by atoms with Crippen LogP contribution in [0.2, 0.25) is 0 Å². The van der Waals surface area contributed by atoms with Crippen molar-refractivity contribution in [3.8, 4) is 16.9 Å². The van der Waals surface area contributed by atoms with E-state index in [-0.39, 0.29) is 18.2 Å². The number of halogens is 1. The van der Waals surface area contributed by atoms with Crippen molar-refractivity contribution in [3.05, 3.63) is 48.0 Å². The topological polar surface area (TPSA) is 67.4 Å². The van der Waals surface area contributed by atoms with E-state index in [0.717, 1.165) is 29.0 Å². The van der Waals surface area contributed by atoms with E-state index in [9.17, 15) is 8.42 Å². The molecule has 7 heteroatoms. The molecule has 0 heterocycles. The normalized spacial score (nSPS) is 19.2. The van der Waals surface area contributed by atoms with Crippen LogP contribution < -0.4 is 15.4 Å². The lowest BCUT2D eigenvalue weighted by molar-refractivity contribution is 0.315. The number of hydrogen-bond donors (Lipinski definition) is 2. The summed E-state index contributed by atoms with van der Waals surface area (Å²) in [5.74, 6) is 0.983. The summed E-state index contributed by atoms with van der Waals surface area (Å²) in [6, 6.07) is 14.4. The largest absolute Gasteiger partial charge is 0.496 e. The minimum absolute atomic E-state index is 0. The molecule has 0 amide bonds. The summed E-state index contributed by atoms with van der Waals surface area (Å²) < 4.78 is 29.6. The van der Waals surface area contributed by atoms with Gasteiger partial charge in [-0.3, -0.25) is 0 Å². The molecule has 0 saturated heterocycles. The van der Waals surface area contributed by atoms with Crippen molar-refractivity contribution >= 4 is 22.2 Å². The van der Waals surface area contributed by atoms with Crippen LogP contribution in [-0.2, 0) is 16.4 Å².